The number of cyclic esters (lactones) is 1. The molecule has 1 fully saturated rings. The SMILES string of the molecule is CC[C@H](OC)[C@@H](C)[C@H]1O[C@@H]1C(NC(=O)c1ccccc1)C(C)(F)/C=C/C=C(\C)[C@H]1OC(=O)C[C@H](O)CC[C@@](C)(O)[C@@H](OC(C)=O)/C=C/[C@@H]1C. The first-order chi connectivity index (χ1) is 23.0. The summed E-state index contributed by atoms with van der Waals surface area (Å²) in [5.74, 6) is -2.12. The minimum Gasteiger partial charge on any atom is -0.457 e. The van der Waals surface area contributed by atoms with E-state index in [1.54, 1.807) is 69.5 Å². The second-order valence-corrected chi connectivity index (χ2v) is 13.8. The molecule has 2 aliphatic heterocycles. The maximum atomic E-state index is 16.7. The van der Waals surface area contributed by atoms with Crippen LogP contribution in [0.25, 0.3) is 0 Å². The molecule has 11 atom stereocenters. The van der Waals surface area contributed by atoms with Crippen LogP contribution in [0, 0.1) is 11.8 Å². The van der Waals surface area contributed by atoms with Gasteiger partial charge in [0.1, 0.15) is 29.6 Å². The Labute approximate surface area is 289 Å². The van der Waals surface area contributed by atoms with Gasteiger partial charge >= 0.3 is 11.9 Å². The number of epoxide rings is 1. The van der Waals surface area contributed by atoms with Crippen LogP contribution >= 0.6 is 0 Å². The van der Waals surface area contributed by atoms with Crippen LogP contribution in [0.5, 0.6) is 0 Å². The zero-order valence-corrected chi connectivity index (χ0v) is 29.9. The highest BCUT2D eigenvalue weighted by molar-refractivity contribution is 5.94. The number of hydrogen-bond acceptors (Lipinski definition) is 9. The third-order valence-corrected chi connectivity index (χ3v) is 9.48. The van der Waals surface area contributed by atoms with Crippen molar-refractivity contribution < 1.29 is 47.9 Å². The normalized spacial score (nSPS) is 32.0. The average Bonchev–Trinajstić information content (AvgIpc) is 3.83. The molecular weight excluding hydrogens is 633 g/mol. The second-order valence-electron chi connectivity index (χ2n) is 13.8. The number of ether oxygens (including phenoxy) is 4. The van der Waals surface area contributed by atoms with Crippen molar-refractivity contribution in [2.24, 2.45) is 11.8 Å². The monoisotopic (exact) mass is 687 g/mol. The molecule has 0 aliphatic carbocycles. The molecule has 272 valence electrons. The summed E-state index contributed by atoms with van der Waals surface area (Å²) in [6.07, 6.45) is 4.47. The van der Waals surface area contributed by atoms with Crippen molar-refractivity contribution in [1.29, 1.82) is 0 Å². The average molecular weight is 688 g/mol. The molecule has 2 unspecified atom stereocenters. The Hall–Kier alpha value is -3.38. The van der Waals surface area contributed by atoms with Crippen LogP contribution in [0.3, 0.4) is 0 Å². The van der Waals surface area contributed by atoms with Gasteiger partial charge in [-0.05, 0) is 69.9 Å². The van der Waals surface area contributed by atoms with Crippen molar-refractivity contribution in [3.05, 3.63) is 71.8 Å². The van der Waals surface area contributed by atoms with E-state index in [0.29, 0.717) is 11.1 Å². The van der Waals surface area contributed by atoms with Gasteiger partial charge in [-0.15, -0.1) is 0 Å². The number of carbonyl (C=O) groups excluding carboxylic acids is 3. The van der Waals surface area contributed by atoms with E-state index in [1.807, 2.05) is 13.8 Å². The molecule has 49 heavy (non-hydrogen) atoms. The lowest BCUT2D eigenvalue weighted by molar-refractivity contribution is -0.157. The Balaban J connectivity index is 1.89. The van der Waals surface area contributed by atoms with E-state index < -0.39 is 65.5 Å². The fourth-order valence-corrected chi connectivity index (χ4v) is 6.37. The molecule has 0 radical (unpaired) electrons. The molecule has 0 saturated carbocycles. The van der Waals surface area contributed by atoms with Gasteiger partial charge in [0.05, 0.1) is 30.8 Å². The van der Waals surface area contributed by atoms with Crippen molar-refractivity contribution in [3.8, 4) is 0 Å². The standard InChI is InChI=1S/C38H54FNO9/c1-9-29(46-8)25(4)33-34(49-33)35(40-36(44)27-15-11-10-12-16-27)37(6,39)20-13-14-23(2)32-24(3)17-18-30(47-26(5)41)38(7,45)21-19-28(42)22-31(43)48-32/h10-18,20,24-25,28-30,32-35,42,45H,9,19,21-22H2,1-8H3,(H,40,44)/b18-17+,20-13+,23-14+/t24-,25+,28+,29-,30-,32+,33+,34-,35?,37?,38+/m0/s1. The molecular formula is C38H54FNO9. The summed E-state index contributed by atoms with van der Waals surface area (Å²) >= 11 is 0. The largest absolute Gasteiger partial charge is 0.457 e. The maximum absolute atomic E-state index is 16.7. The Kier molecular flexibility index (Phi) is 14.3. The minimum atomic E-state index is -2.06. The highest BCUT2D eigenvalue weighted by Crippen LogP contribution is 2.40. The molecule has 10 nitrogen and oxygen atoms in total. The fraction of sp³-hybridized carbons (Fsp3) is 0.605. The van der Waals surface area contributed by atoms with E-state index >= 15 is 4.39 Å². The number of allylic oxidation sites excluding steroid dienone is 2. The van der Waals surface area contributed by atoms with E-state index in [0.717, 1.165) is 6.42 Å². The predicted octanol–water partition coefficient (Wildman–Crippen LogP) is 5.18. The summed E-state index contributed by atoms with van der Waals surface area (Å²) in [5.41, 5.74) is -2.58. The molecule has 2 aliphatic rings. The number of amides is 1. The number of halogens is 1. The molecule has 0 spiro atoms. The quantitative estimate of drug-likeness (QED) is 0.117. The van der Waals surface area contributed by atoms with E-state index in [4.69, 9.17) is 18.9 Å². The lowest BCUT2D eigenvalue weighted by Crippen LogP contribution is -2.52. The van der Waals surface area contributed by atoms with E-state index in [1.165, 1.54) is 32.9 Å². The number of nitrogens with one attached hydrogen (secondary N) is 1. The van der Waals surface area contributed by atoms with E-state index in [2.05, 4.69) is 5.32 Å². The summed E-state index contributed by atoms with van der Waals surface area (Å²) in [7, 11) is 1.63. The summed E-state index contributed by atoms with van der Waals surface area (Å²) in [4.78, 5) is 37.8. The Morgan fingerprint density at radius 1 is 1.20 bits per heavy atom. The van der Waals surface area contributed by atoms with Crippen molar-refractivity contribution in [2.75, 3.05) is 7.11 Å². The zero-order valence-electron chi connectivity index (χ0n) is 29.9. The van der Waals surface area contributed by atoms with Gasteiger partial charge < -0.3 is 34.5 Å². The minimum absolute atomic E-state index is 0.0361. The summed E-state index contributed by atoms with van der Waals surface area (Å²) in [6.45, 7) is 11.7. The van der Waals surface area contributed by atoms with Crippen molar-refractivity contribution in [1.82, 2.24) is 5.32 Å². The number of benzene rings is 1. The fourth-order valence-electron chi connectivity index (χ4n) is 6.37. The van der Waals surface area contributed by atoms with E-state index in [-0.39, 0.29) is 37.4 Å². The number of alkyl halides is 1. The van der Waals surface area contributed by atoms with Gasteiger partial charge in [0.25, 0.3) is 5.91 Å². The third-order valence-electron chi connectivity index (χ3n) is 9.48. The van der Waals surface area contributed by atoms with Gasteiger partial charge in [0.15, 0.2) is 0 Å². The van der Waals surface area contributed by atoms with Gasteiger partial charge in [0, 0.05) is 31.4 Å². The molecule has 11 heteroatoms. The number of methoxy groups -OCH3 is 1. The molecule has 2 heterocycles. The Bertz CT molecular complexity index is 1350. The summed E-state index contributed by atoms with van der Waals surface area (Å²) in [5, 5.41) is 24.4. The molecule has 1 saturated heterocycles. The van der Waals surface area contributed by atoms with Crippen LogP contribution in [-0.2, 0) is 28.5 Å². The lowest BCUT2D eigenvalue weighted by Gasteiger charge is -2.32. The zero-order chi connectivity index (χ0) is 36.5. The Morgan fingerprint density at radius 2 is 1.88 bits per heavy atom. The predicted molar refractivity (Wildman–Crippen MR) is 183 cm³/mol. The number of esters is 2. The van der Waals surface area contributed by atoms with E-state index in [9.17, 15) is 24.6 Å². The van der Waals surface area contributed by atoms with Crippen molar-refractivity contribution in [3.63, 3.8) is 0 Å². The van der Waals surface area contributed by atoms with Gasteiger partial charge in [-0.3, -0.25) is 14.4 Å². The third kappa shape index (κ3) is 11.3. The smallest absolute Gasteiger partial charge is 0.309 e. The summed E-state index contributed by atoms with van der Waals surface area (Å²) in [6, 6.07) is 7.55. The first kappa shape index (κ1) is 40.1. The lowest BCUT2D eigenvalue weighted by atomic mass is 9.87. The molecule has 1 amide bonds. The van der Waals surface area contributed by atoms with Crippen molar-refractivity contribution in [2.45, 2.75) is 128 Å². The Morgan fingerprint density at radius 3 is 2.49 bits per heavy atom. The topological polar surface area (TPSA) is 144 Å². The van der Waals surface area contributed by atoms with Crippen LogP contribution in [0.2, 0.25) is 0 Å². The second kappa shape index (κ2) is 17.5. The van der Waals surface area contributed by atoms with Crippen molar-refractivity contribution >= 4 is 17.8 Å². The van der Waals surface area contributed by atoms with Crippen LogP contribution in [0.4, 0.5) is 4.39 Å². The highest BCUT2D eigenvalue weighted by atomic mass is 19.1. The first-order valence-corrected chi connectivity index (χ1v) is 17.0. The van der Waals surface area contributed by atoms with Crippen LogP contribution in [-0.4, -0.2) is 89.1 Å². The molecule has 1 aromatic rings. The number of carbonyl (C=O) groups is 3. The first-order valence-electron chi connectivity index (χ1n) is 17.0. The molecule has 1 aromatic carbocycles. The van der Waals surface area contributed by atoms with Gasteiger partial charge in [-0.2, -0.15) is 0 Å². The molecule has 0 bridgehead atoms. The highest BCUT2D eigenvalue weighted by Gasteiger charge is 2.55. The van der Waals surface area contributed by atoms with Gasteiger partial charge in [-0.1, -0.05) is 57.2 Å². The number of aliphatic hydroxyl groups excluding tert-OH is 1. The van der Waals surface area contributed by atoms with Gasteiger partial charge in [0.2, 0.25) is 0 Å². The van der Waals surface area contributed by atoms with Crippen LogP contribution in [0.1, 0.15) is 84.5 Å². The maximum Gasteiger partial charge on any atom is 0.309 e. The molecule has 0 aromatic heterocycles. The van der Waals surface area contributed by atoms with Gasteiger partial charge in [-0.25, -0.2) is 4.39 Å². The van der Waals surface area contributed by atoms with Crippen LogP contribution in [0.15, 0.2) is 66.3 Å². The van der Waals surface area contributed by atoms with Crippen LogP contribution < -0.4 is 5.32 Å². The number of rotatable bonds is 12. The molecule has 3 N–H and O–H groups in total. The summed E-state index contributed by atoms with van der Waals surface area (Å²) < 4.78 is 39.5. The number of hydrogen-bond donors (Lipinski definition) is 3. The number of aliphatic hydroxyl groups is 2. The molecule has 3 rings (SSSR count).